The van der Waals surface area contributed by atoms with E-state index < -0.39 is 0 Å². The Morgan fingerprint density at radius 1 is 1.37 bits per heavy atom. The maximum absolute atomic E-state index is 12.1. The molecule has 0 aliphatic heterocycles. The molecule has 0 fully saturated rings. The Morgan fingerprint density at radius 2 is 2.16 bits per heavy atom. The molecule has 1 amide bonds. The summed E-state index contributed by atoms with van der Waals surface area (Å²) in [7, 11) is 1.64. The summed E-state index contributed by atoms with van der Waals surface area (Å²) in [4.78, 5) is 12.1. The molecule has 1 N–H and O–H groups in total. The number of anilines is 1. The Hall–Kier alpha value is -0.690. The summed E-state index contributed by atoms with van der Waals surface area (Å²) >= 11 is 8.21. The Labute approximate surface area is 132 Å². The average molecular weight is 405 g/mol. The van der Waals surface area contributed by atoms with Crippen LogP contribution in [0.15, 0.2) is 37.9 Å². The molecule has 1 aromatic heterocycles. The summed E-state index contributed by atoms with van der Waals surface area (Å²) in [5.41, 5.74) is 2.40. The molecule has 1 heterocycles. The van der Waals surface area contributed by atoms with Crippen molar-refractivity contribution in [1.82, 2.24) is 0 Å². The second-order valence-electron chi connectivity index (χ2n) is 3.83. The number of nitrogens with one attached hydrogen (secondary N) is 1. The molecule has 0 atom stereocenters. The van der Waals surface area contributed by atoms with E-state index in [-0.39, 0.29) is 5.91 Å². The number of rotatable bonds is 4. The van der Waals surface area contributed by atoms with Crippen LogP contribution in [0.1, 0.15) is 15.9 Å². The van der Waals surface area contributed by atoms with Gasteiger partial charge in [0.2, 0.25) is 0 Å². The number of carbonyl (C=O) groups is 1. The third kappa shape index (κ3) is 3.89. The largest absolute Gasteiger partial charge is 0.380 e. The lowest BCUT2D eigenvalue weighted by molar-refractivity contribution is 0.102. The maximum atomic E-state index is 12.1. The fraction of sp³-hybridized carbons (Fsp3) is 0.154. The number of hydrogen-bond donors (Lipinski definition) is 1. The molecule has 100 valence electrons. The van der Waals surface area contributed by atoms with Crippen molar-refractivity contribution in [3.8, 4) is 0 Å². The van der Waals surface area contributed by atoms with Gasteiger partial charge in [-0.2, -0.15) is 0 Å². The van der Waals surface area contributed by atoms with Crippen molar-refractivity contribution in [2.45, 2.75) is 6.61 Å². The minimum absolute atomic E-state index is 0.136. The highest BCUT2D eigenvalue weighted by atomic mass is 79.9. The van der Waals surface area contributed by atoms with E-state index in [1.165, 1.54) is 11.3 Å². The van der Waals surface area contributed by atoms with E-state index in [1.807, 2.05) is 24.3 Å². The van der Waals surface area contributed by atoms with E-state index in [9.17, 15) is 4.79 Å². The maximum Gasteiger partial charge on any atom is 0.257 e. The van der Waals surface area contributed by atoms with Gasteiger partial charge in [0.15, 0.2) is 0 Å². The number of halogens is 2. The Morgan fingerprint density at radius 3 is 2.79 bits per heavy atom. The first kappa shape index (κ1) is 14.7. The van der Waals surface area contributed by atoms with Crippen LogP contribution in [0, 0.1) is 0 Å². The number of ether oxygens (including phenoxy) is 1. The highest BCUT2D eigenvalue weighted by Crippen LogP contribution is 2.32. The van der Waals surface area contributed by atoms with Crippen LogP contribution in [-0.4, -0.2) is 13.0 Å². The van der Waals surface area contributed by atoms with Gasteiger partial charge in [-0.15, -0.1) is 11.3 Å². The molecular weight excluding hydrogens is 394 g/mol. The molecule has 0 aliphatic rings. The molecule has 6 heteroatoms. The Kier molecular flexibility index (Phi) is 5.15. The molecule has 0 unspecified atom stereocenters. The van der Waals surface area contributed by atoms with Gasteiger partial charge in [-0.3, -0.25) is 4.79 Å². The summed E-state index contributed by atoms with van der Waals surface area (Å²) < 4.78 is 6.79. The van der Waals surface area contributed by atoms with E-state index in [0.717, 1.165) is 18.8 Å². The highest BCUT2D eigenvalue weighted by molar-refractivity contribution is 9.12. The van der Waals surface area contributed by atoms with Crippen LogP contribution >= 0.6 is 43.2 Å². The number of methoxy groups -OCH3 is 1. The van der Waals surface area contributed by atoms with Gasteiger partial charge in [-0.1, -0.05) is 12.1 Å². The monoisotopic (exact) mass is 403 g/mol. The second-order valence-corrected chi connectivity index (χ2v) is 7.57. The summed E-state index contributed by atoms with van der Waals surface area (Å²) in [6.45, 7) is 0.525. The zero-order valence-electron chi connectivity index (χ0n) is 10.1. The molecule has 0 aliphatic carbocycles. The number of hydrogen-bond acceptors (Lipinski definition) is 3. The minimum Gasteiger partial charge on any atom is -0.380 e. The van der Waals surface area contributed by atoms with Gasteiger partial charge in [0, 0.05) is 12.8 Å². The number of carbonyl (C=O) groups excluding carboxylic acids is 1. The smallest absolute Gasteiger partial charge is 0.257 e. The average Bonchev–Trinajstić information content (AvgIpc) is 2.69. The fourth-order valence-electron chi connectivity index (χ4n) is 1.60. The standard InChI is InChI=1S/C13H11Br2NO2S/c1-18-7-8-3-2-4-9(5-8)16-13(17)10-6-11(14)19-12(10)15/h2-6H,7H2,1H3,(H,16,17). The summed E-state index contributed by atoms with van der Waals surface area (Å²) in [6, 6.07) is 9.39. The van der Waals surface area contributed by atoms with Crippen LogP contribution in [0.25, 0.3) is 0 Å². The van der Waals surface area contributed by atoms with E-state index >= 15 is 0 Å². The predicted molar refractivity (Wildman–Crippen MR) is 84.8 cm³/mol. The van der Waals surface area contributed by atoms with Crippen molar-refractivity contribution in [1.29, 1.82) is 0 Å². The van der Waals surface area contributed by atoms with Crippen molar-refractivity contribution in [3.63, 3.8) is 0 Å². The minimum atomic E-state index is -0.136. The number of benzene rings is 1. The van der Waals surface area contributed by atoms with Crippen molar-refractivity contribution in [2.75, 3.05) is 12.4 Å². The third-order valence-electron chi connectivity index (χ3n) is 2.40. The van der Waals surface area contributed by atoms with Crippen LogP contribution in [0.3, 0.4) is 0 Å². The number of thiophene rings is 1. The van der Waals surface area contributed by atoms with Gasteiger partial charge in [-0.05, 0) is 55.6 Å². The van der Waals surface area contributed by atoms with Gasteiger partial charge < -0.3 is 10.1 Å². The summed E-state index contributed by atoms with van der Waals surface area (Å²) in [5.74, 6) is -0.136. The Balaban J connectivity index is 2.14. The third-order valence-corrected chi connectivity index (χ3v) is 4.74. The lowest BCUT2D eigenvalue weighted by Gasteiger charge is -2.06. The van der Waals surface area contributed by atoms with Gasteiger partial charge in [0.05, 0.1) is 19.7 Å². The molecule has 2 aromatic rings. The zero-order valence-corrected chi connectivity index (χ0v) is 14.1. The predicted octanol–water partition coefficient (Wildman–Crippen LogP) is 4.67. The first-order chi connectivity index (χ1) is 9.10. The van der Waals surface area contributed by atoms with E-state index in [1.54, 1.807) is 13.2 Å². The van der Waals surface area contributed by atoms with Gasteiger partial charge in [0.1, 0.15) is 0 Å². The van der Waals surface area contributed by atoms with E-state index in [0.29, 0.717) is 12.2 Å². The molecule has 1 aromatic carbocycles. The van der Waals surface area contributed by atoms with Crippen LogP contribution in [0.4, 0.5) is 5.69 Å². The van der Waals surface area contributed by atoms with Crippen LogP contribution < -0.4 is 5.32 Å². The molecule has 0 radical (unpaired) electrons. The molecule has 2 rings (SSSR count). The van der Waals surface area contributed by atoms with Crippen molar-refractivity contribution >= 4 is 54.8 Å². The summed E-state index contributed by atoms with van der Waals surface area (Å²) in [6.07, 6.45) is 0. The topological polar surface area (TPSA) is 38.3 Å². The molecular formula is C13H11Br2NO2S. The molecule has 19 heavy (non-hydrogen) atoms. The van der Waals surface area contributed by atoms with Gasteiger partial charge >= 0.3 is 0 Å². The second kappa shape index (κ2) is 6.65. The normalized spacial score (nSPS) is 10.5. The van der Waals surface area contributed by atoms with Crippen molar-refractivity contribution in [3.05, 3.63) is 49.0 Å². The summed E-state index contributed by atoms with van der Waals surface area (Å²) in [5, 5.41) is 2.87. The number of amides is 1. The molecule has 0 bridgehead atoms. The first-order valence-electron chi connectivity index (χ1n) is 5.44. The van der Waals surface area contributed by atoms with Gasteiger partial charge in [0.25, 0.3) is 5.91 Å². The molecule has 0 spiro atoms. The first-order valence-corrected chi connectivity index (χ1v) is 7.84. The van der Waals surface area contributed by atoms with Crippen molar-refractivity contribution in [2.24, 2.45) is 0 Å². The quantitative estimate of drug-likeness (QED) is 0.803. The Bertz CT molecular complexity index is 598. The van der Waals surface area contributed by atoms with Crippen LogP contribution in [0.2, 0.25) is 0 Å². The lowest BCUT2D eigenvalue weighted by atomic mass is 10.2. The van der Waals surface area contributed by atoms with E-state index in [4.69, 9.17) is 4.74 Å². The lowest BCUT2D eigenvalue weighted by Crippen LogP contribution is -2.11. The molecule has 0 saturated heterocycles. The zero-order chi connectivity index (χ0) is 13.8. The molecule has 0 saturated carbocycles. The van der Waals surface area contributed by atoms with Crippen LogP contribution in [0.5, 0.6) is 0 Å². The molecule has 3 nitrogen and oxygen atoms in total. The van der Waals surface area contributed by atoms with Crippen LogP contribution in [-0.2, 0) is 11.3 Å². The van der Waals surface area contributed by atoms with Crippen molar-refractivity contribution < 1.29 is 9.53 Å². The van der Waals surface area contributed by atoms with E-state index in [2.05, 4.69) is 37.2 Å². The fourth-order valence-corrected chi connectivity index (χ4v) is 4.39. The SMILES string of the molecule is COCc1cccc(NC(=O)c2cc(Br)sc2Br)c1. The highest BCUT2D eigenvalue weighted by Gasteiger charge is 2.13. The van der Waals surface area contributed by atoms with Gasteiger partial charge in [-0.25, -0.2) is 0 Å².